The highest BCUT2D eigenvalue weighted by Crippen LogP contribution is 2.15. The number of nitrogens with two attached hydrogens (primary N) is 2. The van der Waals surface area contributed by atoms with Gasteiger partial charge in [-0.25, -0.2) is 0 Å². The van der Waals surface area contributed by atoms with Crippen LogP contribution in [0, 0.1) is 0 Å². The van der Waals surface area contributed by atoms with Crippen molar-refractivity contribution in [3.63, 3.8) is 0 Å². The van der Waals surface area contributed by atoms with Crippen LogP contribution < -0.4 is 11.5 Å². The average molecular weight is 257 g/mol. The lowest BCUT2D eigenvalue weighted by Gasteiger charge is -2.44. The molecule has 0 aliphatic carbocycles. The molecule has 0 bridgehead atoms. The van der Waals surface area contributed by atoms with Crippen LogP contribution in [0.3, 0.4) is 0 Å². The van der Waals surface area contributed by atoms with Crippen molar-refractivity contribution in [3.05, 3.63) is 0 Å². The maximum Gasteiger partial charge on any atom is 0.185 e. The van der Waals surface area contributed by atoms with Crippen molar-refractivity contribution < 1.29 is 8.97 Å². The predicted molar refractivity (Wildman–Crippen MR) is 77.2 cm³/mol. The zero-order valence-corrected chi connectivity index (χ0v) is 12.4. The molecule has 1 heterocycles. The summed E-state index contributed by atoms with van der Waals surface area (Å²) in [7, 11) is 7.06. The van der Waals surface area contributed by atoms with Crippen molar-refractivity contribution in [2.45, 2.75) is 19.3 Å². The highest BCUT2D eigenvalue weighted by Gasteiger charge is 2.33. The van der Waals surface area contributed by atoms with E-state index in [1.165, 1.54) is 54.5 Å². The monoisotopic (exact) mass is 257 g/mol. The van der Waals surface area contributed by atoms with E-state index in [1.807, 2.05) is 0 Å². The fourth-order valence-electron chi connectivity index (χ4n) is 2.46. The van der Waals surface area contributed by atoms with Crippen LogP contribution >= 0.6 is 0 Å². The first-order valence-corrected chi connectivity index (χ1v) is 7.04. The summed E-state index contributed by atoms with van der Waals surface area (Å²) in [5, 5.41) is 0. The van der Waals surface area contributed by atoms with E-state index in [4.69, 9.17) is 11.5 Å². The third-order valence-corrected chi connectivity index (χ3v) is 4.14. The zero-order chi connectivity index (χ0) is 13.6. The number of nitrogens with zero attached hydrogens (tertiary/aromatic N) is 3. The zero-order valence-electron chi connectivity index (χ0n) is 12.4. The van der Waals surface area contributed by atoms with Gasteiger partial charge in [0.05, 0.1) is 27.7 Å². The number of rotatable bonds is 6. The maximum atomic E-state index is 5.29. The molecule has 1 rings (SSSR count). The predicted octanol–water partition coefficient (Wildman–Crippen LogP) is -0.0333. The summed E-state index contributed by atoms with van der Waals surface area (Å²) in [6.45, 7) is 7.27. The van der Waals surface area contributed by atoms with E-state index in [-0.39, 0.29) is 5.96 Å². The molecule has 1 fully saturated rings. The fourth-order valence-corrected chi connectivity index (χ4v) is 2.46. The standard InChI is InChI=1S/C13H31N5/c1-17(2)9-11-18(3,12-10-17)8-6-4-5-7-16-13(14)15/h4-12H2,1-3H3,(H4,14,15,16)/q+2. The van der Waals surface area contributed by atoms with Crippen molar-refractivity contribution in [1.82, 2.24) is 0 Å². The molecule has 0 aromatic carbocycles. The van der Waals surface area contributed by atoms with Gasteiger partial charge in [0.1, 0.15) is 26.2 Å². The second kappa shape index (κ2) is 6.38. The van der Waals surface area contributed by atoms with Crippen molar-refractivity contribution in [3.8, 4) is 0 Å². The normalized spacial score (nSPS) is 21.5. The average Bonchev–Trinajstić information content (AvgIpc) is 2.28. The first kappa shape index (κ1) is 15.2. The van der Waals surface area contributed by atoms with E-state index in [0.717, 1.165) is 13.0 Å². The molecular formula is C13H31N5+2. The summed E-state index contributed by atoms with van der Waals surface area (Å²) in [4.78, 5) is 4.01. The second-order valence-electron chi connectivity index (χ2n) is 6.54. The fraction of sp³-hybridized carbons (Fsp3) is 0.923. The van der Waals surface area contributed by atoms with Crippen LogP contribution in [0.15, 0.2) is 4.99 Å². The first-order valence-electron chi connectivity index (χ1n) is 7.04. The summed E-state index contributed by atoms with van der Waals surface area (Å²) in [6, 6.07) is 0. The summed E-state index contributed by atoms with van der Waals surface area (Å²) in [6.07, 6.45) is 3.60. The quantitative estimate of drug-likeness (QED) is 0.304. The maximum absolute atomic E-state index is 5.29. The lowest BCUT2D eigenvalue weighted by molar-refractivity contribution is -1.01. The number of guanidine groups is 1. The number of likely N-dealkylation sites (N-methyl/N-ethyl adjacent to an activating group) is 2. The van der Waals surface area contributed by atoms with Crippen molar-refractivity contribution >= 4 is 5.96 Å². The molecule has 18 heavy (non-hydrogen) atoms. The van der Waals surface area contributed by atoms with Crippen LogP contribution in [0.2, 0.25) is 0 Å². The van der Waals surface area contributed by atoms with Gasteiger partial charge in [-0.3, -0.25) is 4.99 Å². The smallest absolute Gasteiger partial charge is 0.185 e. The molecular weight excluding hydrogens is 226 g/mol. The Bertz CT molecular complexity index is 271. The Balaban J connectivity index is 2.14. The highest BCUT2D eigenvalue weighted by atomic mass is 15.4. The van der Waals surface area contributed by atoms with Gasteiger partial charge in [-0.05, 0) is 19.3 Å². The van der Waals surface area contributed by atoms with E-state index < -0.39 is 0 Å². The molecule has 0 saturated carbocycles. The van der Waals surface area contributed by atoms with Gasteiger partial charge >= 0.3 is 0 Å². The lowest BCUT2D eigenvalue weighted by atomic mass is 10.1. The molecule has 0 aromatic rings. The molecule has 0 spiro atoms. The van der Waals surface area contributed by atoms with E-state index >= 15 is 0 Å². The molecule has 4 N–H and O–H groups in total. The van der Waals surface area contributed by atoms with E-state index in [2.05, 4.69) is 26.1 Å². The molecule has 1 aliphatic rings. The molecule has 5 nitrogen and oxygen atoms in total. The molecule has 1 saturated heterocycles. The minimum Gasteiger partial charge on any atom is -0.370 e. The van der Waals surface area contributed by atoms with Crippen molar-refractivity contribution in [2.75, 3.05) is 60.4 Å². The number of hydrogen-bond acceptors (Lipinski definition) is 1. The lowest BCUT2D eigenvalue weighted by Crippen LogP contribution is -2.62. The Morgan fingerprint density at radius 1 is 0.944 bits per heavy atom. The number of aliphatic imine (C=N–C) groups is 1. The Morgan fingerprint density at radius 2 is 1.56 bits per heavy atom. The van der Waals surface area contributed by atoms with Crippen LogP contribution in [0.5, 0.6) is 0 Å². The number of quaternary nitrogens is 2. The Hall–Kier alpha value is -0.810. The number of hydrogen-bond donors (Lipinski definition) is 2. The summed E-state index contributed by atoms with van der Waals surface area (Å²) >= 11 is 0. The number of unbranched alkanes of at least 4 members (excludes halogenated alkanes) is 2. The Kier molecular flexibility index (Phi) is 5.41. The van der Waals surface area contributed by atoms with Gasteiger partial charge in [0.15, 0.2) is 5.96 Å². The molecule has 0 amide bonds. The van der Waals surface area contributed by atoms with E-state index in [0.29, 0.717) is 0 Å². The van der Waals surface area contributed by atoms with Crippen LogP contribution in [-0.2, 0) is 0 Å². The summed E-state index contributed by atoms with van der Waals surface area (Å²) < 4.78 is 2.42. The Labute approximate surface area is 112 Å². The molecule has 0 unspecified atom stereocenters. The van der Waals surface area contributed by atoms with Crippen LogP contribution in [-0.4, -0.2) is 75.3 Å². The van der Waals surface area contributed by atoms with Gasteiger partial charge < -0.3 is 20.4 Å². The largest absolute Gasteiger partial charge is 0.370 e. The molecule has 5 heteroatoms. The van der Waals surface area contributed by atoms with Gasteiger partial charge in [0.2, 0.25) is 0 Å². The van der Waals surface area contributed by atoms with Gasteiger partial charge in [-0.1, -0.05) is 0 Å². The van der Waals surface area contributed by atoms with Crippen LogP contribution in [0.4, 0.5) is 0 Å². The van der Waals surface area contributed by atoms with Gasteiger partial charge in [0.25, 0.3) is 0 Å². The molecule has 1 aliphatic heterocycles. The topological polar surface area (TPSA) is 64.4 Å². The minimum absolute atomic E-state index is 0.213. The summed E-state index contributed by atoms with van der Waals surface area (Å²) in [5.41, 5.74) is 10.6. The molecule has 106 valence electrons. The van der Waals surface area contributed by atoms with Crippen LogP contribution in [0.1, 0.15) is 19.3 Å². The van der Waals surface area contributed by atoms with Gasteiger partial charge in [-0.2, -0.15) is 0 Å². The van der Waals surface area contributed by atoms with Gasteiger partial charge in [-0.15, -0.1) is 0 Å². The SMILES string of the molecule is C[N+]1(C)CC[N+](C)(CCCCCN=C(N)N)CC1. The second-order valence-corrected chi connectivity index (χ2v) is 6.54. The highest BCUT2D eigenvalue weighted by molar-refractivity contribution is 5.75. The van der Waals surface area contributed by atoms with Crippen molar-refractivity contribution in [2.24, 2.45) is 16.5 Å². The number of piperazine rings is 1. The Morgan fingerprint density at radius 3 is 2.11 bits per heavy atom. The summed E-state index contributed by atoms with van der Waals surface area (Å²) in [5.74, 6) is 0.213. The van der Waals surface area contributed by atoms with Crippen molar-refractivity contribution in [1.29, 1.82) is 0 Å². The first-order chi connectivity index (χ1) is 8.33. The van der Waals surface area contributed by atoms with E-state index in [1.54, 1.807) is 0 Å². The minimum atomic E-state index is 0.213. The molecule has 0 aromatic heterocycles. The third-order valence-electron chi connectivity index (χ3n) is 4.14. The van der Waals surface area contributed by atoms with Crippen LogP contribution in [0.25, 0.3) is 0 Å². The third kappa shape index (κ3) is 5.69. The van der Waals surface area contributed by atoms with E-state index in [9.17, 15) is 0 Å². The molecule has 0 atom stereocenters. The van der Waals surface area contributed by atoms with Gasteiger partial charge in [0, 0.05) is 6.54 Å². The molecule has 0 radical (unpaired) electrons.